The fourth-order valence-corrected chi connectivity index (χ4v) is 6.72. The fraction of sp³-hybridized carbons (Fsp3) is 0.312. The molecule has 7 rings (SSSR count). The second-order valence-electron chi connectivity index (χ2n) is 11.1. The monoisotopic (exact) mass is 540 g/mol. The normalized spacial score (nSPS) is 22.9. The lowest BCUT2D eigenvalue weighted by molar-refractivity contribution is -0.160. The molecule has 3 amide bonds. The minimum absolute atomic E-state index is 0.0278. The molecule has 4 aliphatic rings. The van der Waals surface area contributed by atoms with Gasteiger partial charge in [0.05, 0.1) is 11.8 Å². The fourth-order valence-electron chi connectivity index (χ4n) is 6.72. The number of benzene rings is 3. The van der Waals surface area contributed by atoms with Crippen LogP contribution in [0, 0.1) is 23.6 Å². The second kappa shape index (κ2) is 10.0. The number of imide groups is 1. The first kappa shape index (κ1) is 25.9. The van der Waals surface area contributed by atoms with Crippen molar-refractivity contribution in [3.63, 3.8) is 0 Å². The number of amides is 3. The maximum absolute atomic E-state index is 14.1. The number of carbonyl (C=O) groups excluding carboxylic acids is 4. The lowest BCUT2D eigenvalue weighted by Gasteiger charge is -2.45. The molecule has 2 bridgehead atoms. The summed E-state index contributed by atoms with van der Waals surface area (Å²) >= 11 is 0. The molecule has 3 aliphatic carbocycles. The lowest BCUT2D eigenvalue weighted by Crippen LogP contribution is -2.47. The third-order valence-corrected chi connectivity index (χ3v) is 8.23. The van der Waals surface area contributed by atoms with Gasteiger partial charge in [-0.2, -0.15) is 0 Å². The number of hydrogen-bond donors (Lipinski definition) is 1. The van der Waals surface area contributed by atoms with Crippen molar-refractivity contribution in [2.45, 2.75) is 38.1 Å². The number of anilines is 1. The van der Waals surface area contributed by atoms with E-state index in [0.717, 1.165) is 27.2 Å². The first-order valence-electron chi connectivity index (χ1n) is 13.5. The predicted octanol–water partition coefficient (Wildman–Crippen LogP) is 4.61. The Morgan fingerprint density at radius 2 is 1.30 bits per heavy atom. The summed E-state index contributed by atoms with van der Waals surface area (Å²) in [4.78, 5) is 55.1. The van der Waals surface area contributed by atoms with Gasteiger partial charge < -0.3 is 10.1 Å². The zero-order chi connectivity index (χ0) is 28.1. The van der Waals surface area contributed by atoms with Crippen molar-refractivity contribution < 1.29 is 28.3 Å². The van der Waals surface area contributed by atoms with E-state index in [0.29, 0.717) is 5.69 Å². The van der Waals surface area contributed by atoms with Crippen LogP contribution in [0.25, 0.3) is 0 Å². The first-order chi connectivity index (χ1) is 19.3. The molecule has 0 saturated carbocycles. The molecule has 3 aromatic carbocycles. The van der Waals surface area contributed by atoms with Crippen molar-refractivity contribution in [1.82, 2.24) is 4.90 Å². The number of rotatable bonds is 7. The number of ether oxygens (including phenoxy) is 1. The van der Waals surface area contributed by atoms with Crippen molar-refractivity contribution in [2.24, 2.45) is 17.8 Å². The molecule has 0 radical (unpaired) electrons. The Balaban J connectivity index is 1.27. The summed E-state index contributed by atoms with van der Waals surface area (Å²) < 4.78 is 18.5. The molecule has 1 aliphatic heterocycles. The number of likely N-dealkylation sites (tertiary alicyclic amines) is 1. The molecule has 0 spiro atoms. The Morgan fingerprint density at radius 3 is 1.75 bits per heavy atom. The van der Waals surface area contributed by atoms with Gasteiger partial charge in [0.1, 0.15) is 11.9 Å². The molecule has 204 valence electrons. The molecular weight excluding hydrogens is 511 g/mol. The number of hydrogen-bond acceptors (Lipinski definition) is 5. The van der Waals surface area contributed by atoms with Crippen molar-refractivity contribution >= 4 is 29.4 Å². The molecule has 1 heterocycles. The van der Waals surface area contributed by atoms with E-state index in [1.165, 1.54) is 24.3 Å². The third-order valence-electron chi connectivity index (χ3n) is 8.23. The maximum Gasteiger partial charge on any atom is 0.329 e. The molecule has 7 nitrogen and oxygen atoms in total. The second-order valence-corrected chi connectivity index (χ2v) is 11.1. The van der Waals surface area contributed by atoms with Gasteiger partial charge in [-0.15, -0.1) is 0 Å². The molecular formula is C32H29FN2O5. The molecule has 1 N–H and O–H groups in total. The minimum Gasteiger partial charge on any atom is -0.454 e. The van der Waals surface area contributed by atoms with Crippen LogP contribution in [0.1, 0.15) is 54.4 Å². The molecule has 3 aromatic rings. The van der Waals surface area contributed by atoms with Crippen molar-refractivity contribution in [2.75, 3.05) is 11.9 Å². The maximum atomic E-state index is 14.1. The Labute approximate surface area is 231 Å². The highest BCUT2D eigenvalue weighted by Gasteiger charge is 2.63. The van der Waals surface area contributed by atoms with E-state index < -0.39 is 42.2 Å². The average molecular weight is 541 g/mol. The van der Waals surface area contributed by atoms with Gasteiger partial charge in [-0.25, -0.2) is 9.18 Å². The Morgan fingerprint density at radius 1 is 0.825 bits per heavy atom. The van der Waals surface area contributed by atoms with Crippen LogP contribution in [0.15, 0.2) is 72.8 Å². The van der Waals surface area contributed by atoms with E-state index in [1.807, 2.05) is 62.4 Å². The number of esters is 1. The Kier molecular flexibility index (Phi) is 6.49. The summed E-state index contributed by atoms with van der Waals surface area (Å²) in [6, 6.07) is 20.0. The van der Waals surface area contributed by atoms with Gasteiger partial charge in [0, 0.05) is 17.5 Å². The van der Waals surface area contributed by atoms with E-state index in [4.69, 9.17) is 4.74 Å². The van der Waals surface area contributed by atoms with Crippen molar-refractivity contribution in [3.05, 3.63) is 101 Å². The minimum atomic E-state index is -1.14. The van der Waals surface area contributed by atoms with E-state index in [1.54, 1.807) is 0 Å². The van der Waals surface area contributed by atoms with E-state index in [9.17, 15) is 23.6 Å². The molecule has 1 fully saturated rings. The van der Waals surface area contributed by atoms with Gasteiger partial charge >= 0.3 is 5.97 Å². The van der Waals surface area contributed by atoms with E-state index in [2.05, 4.69) is 5.32 Å². The summed E-state index contributed by atoms with van der Waals surface area (Å²) in [7, 11) is 0. The summed E-state index contributed by atoms with van der Waals surface area (Å²) in [5.74, 6) is -4.38. The third kappa shape index (κ3) is 4.18. The van der Waals surface area contributed by atoms with Crippen LogP contribution in [0.2, 0.25) is 0 Å². The number of nitrogens with zero attached hydrogens (tertiary/aromatic N) is 1. The van der Waals surface area contributed by atoms with Crippen LogP contribution in [0.4, 0.5) is 10.1 Å². The number of halogens is 1. The summed E-state index contributed by atoms with van der Waals surface area (Å²) in [5, 5.41) is 2.54. The van der Waals surface area contributed by atoms with Gasteiger partial charge in [-0.1, -0.05) is 62.4 Å². The topological polar surface area (TPSA) is 92.8 Å². The molecule has 40 heavy (non-hydrogen) atoms. The summed E-state index contributed by atoms with van der Waals surface area (Å²) in [6.07, 6.45) is 0.213. The first-order valence-corrected chi connectivity index (χ1v) is 13.5. The highest BCUT2D eigenvalue weighted by molar-refractivity contribution is 6.10. The SMILES string of the molecule is CC(C)C[C@H](C(=O)OCC(=O)Nc1ccc(F)cc1)N1C(=O)[C@H]2C3c4ccccc4C(c4ccccc43)[C@@H]2C1=O. The average Bonchev–Trinajstić information content (AvgIpc) is 3.21. The quantitative estimate of drug-likeness (QED) is 0.349. The molecule has 0 unspecified atom stereocenters. The van der Waals surface area contributed by atoms with Crippen molar-refractivity contribution in [1.29, 1.82) is 0 Å². The van der Waals surface area contributed by atoms with Crippen LogP contribution >= 0.6 is 0 Å². The van der Waals surface area contributed by atoms with Gasteiger partial charge in [0.2, 0.25) is 11.8 Å². The molecule has 3 atom stereocenters. The highest BCUT2D eigenvalue weighted by atomic mass is 19.1. The Hall–Kier alpha value is -4.33. The zero-order valence-corrected chi connectivity index (χ0v) is 22.2. The Bertz CT molecular complexity index is 1400. The van der Waals surface area contributed by atoms with E-state index >= 15 is 0 Å². The number of carbonyl (C=O) groups is 4. The standard InChI is InChI=1S/C32H29FN2O5/c1-17(2)15-24(32(39)40-16-25(36)34-19-13-11-18(33)12-14-19)35-30(37)28-26-20-7-3-4-8-21(20)27(29(28)31(35)38)23-10-6-5-9-22(23)26/h3-14,17,24,26-29H,15-16H2,1-2H3,(H,34,36)/t24-,26?,27?,28+,29+/m1/s1. The highest BCUT2D eigenvalue weighted by Crippen LogP contribution is 2.61. The smallest absolute Gasteiger partial charge is 0.329 e. The van der Waals surface area contributed by atoms with Crippen molar-refractivity contribution in [3.8, 4) is 0 Å². The molecule has 0 aromatic heterocycles. The van der Waals surface area contributed by atoms with Gasteiger partial charge in [-0.05, 0) is 58.9 Å². The molecule has 8 heteroatoms. The lowest BCUT2D eigenvalue weighted by atomic mass is 9.55. The number of nitrogens with one attached hydrogen (secondary N) is 1. The van der Waals surface area contributed by atoms with Crippen LogP contribution < -0.4 is 5.32 Å². The zero-order valence-electron chi connectivity index (χ0n) is 22.2. The van der Waals surface area contributed by atoms with Crippen LogP contribution in [-0.4, -0.2) is 41.2 Å². The van der Waals surface area contributed by atoms with Gasteiger partial charge in [0.15, 0.2) is 6.61 Å². The van der Waals surface area contributed by atoms with Gasteiger partial charge in [-0.3, -0.25) is 19.3 Å². The summed E-state index contributed by atoms with van der Waals surface area (Å²) in [5.41, 5.74) is 4.56. The van der Waals surface area contributed by atoms with Crippen LogP contribution in [-0.2, 0) is 23.9 Å². The largest absolute Gasteiger partial charge is 0.454 e. The predicted molar refractivity (Wildman–Crippen MR) is 145 cm³/mol. The van der Waals surface area contributed by atoms with Gasteiger partial charge in [0.25, 0.3) is 5.91 Å². The summed E-state index contributed by atoms with van der Waals surface area (Å²) in [6.45, 7) is 3.19. The van der Waals surface area contributed by atoms with E-state index in [-0.39, 0.29) is 36.0 Å². The van der Waals surface area contributed by atoms with Crippen LogP contribution in [0.5, 0.6) is 0 Å². The van der Waals surface area contributed by atoms with Crippen LogP contribution in [0.3, 0.4) is 0 Å². The molecule has 1 saturated heterocycles.